The molecule has 0 saturated carbocycles. The van der Waals surface area contributed by atoms with Crippen molar-refractivity contribution in [1.29, 1.82) is 0 Å². The Hall–Kier alpha value is -3.16. The van der Waals surface area contributed by atoms with Crippen LogP contribution >= 0.6 is 11.8 Å². The topological polar surface area (TPSA) is 102 Å². The van der Waals surface area contributed by atoms with Gasteiger partial charge in [-0.2, -0.15) is 4.98 Å². The first kappa shape index (κ1) is 27.4. The molecule has 0 unspecified atom stereocenters. The molecule has 2 aliphatic rings. The molecule has 2 saturated heterocycles. The highest BCUT2D eigenvalue weighted by Crippen LogP contribution is 2.33. The number of anilines is 2. The first-order valence-corrected chi connectivity index (χ1v) is 13.1. The summed E-state index contributed by atoms with van der Waals surface area (Å²) in [4.78, 5) is 19.6. The molecule has 0 aliphatic carbocycles. The first-order chi connectivity index (χ1) is 18.8. The summed E-state index contributed by atoms with van der Waals surface area (Å²) in [7, 11) is 1.67. The molecule has 2 aromatic heterocycles. The summed E-state index contributed by atoms with van der Waals surface area (Å²) < 4.78 is 58.9. The van der Waals surface area contributed by atoms with Crippen molar-refractivity contribution in [1.82, 2.24) is 24.9 Å². The van der Waals surface area contributed by atoms with Gasteiger partial charge in [-0.15, -0.1) is 0 Å². The number of halogens is 4. The molecule has 0 spiro atoms. The van der Waals surface area contributed by atoms with E-state index in [0.29, 0.717) is 75.1 Å². The minimum absolute atomic E-state index is 0.0373. The summed E-state index contributed by atoms with van der Waals surface area (Å²) >= 11 is 5.89. The average molecular weight is 568 g/mol. The molecule has 39 heavy (non-hydrogen) atoms. The van der Waals surface area contributed by atoms with E-state index in [1.54, 1.807) is 24.4 Å². The summed E-state index contributed by atoms with van der Waals surface area (Å²) in [6.45, 7) is 4.25. The van der Waals surface area contributed by atoms with Crippen LogP contribution in [0.25, 0.3) is 0 Å². The monoisotopic (exact) mass is 567 g/mol. The second-order valence-electron chi connectivity index (χ2n) is 9.74. The molecular weight excluding hydrogens is 539 g/mol. The fraction of sp³-hybridized carbons (Fsp3) is 0.520. The average Bonchev–Trinajstić information content (AvgIpc) is 3.62. The summed E-state index contributed by atoms with van der Waals surface area (Å²) in [6, 6.07) is 1.51. The van der Waals surface area contributed by atoms with Gasteiger partial charge in [0.15, 0.2) is 23.2 Å². The second kappa shape index (κ2) is 11.5. The summed E-state index contributed by atoms with van der Waals surface area (Å²) in [5.74, 6) is -2.19. The zero-order chi connectivity index (χ0) is 27.6. The van der Waals surface area contributed by atoms with Crippen molar-refractivity contribution in [2.45, 2.75) is 43.7 Å². The van der Waals surface area contributed by atoms with Crippen molar-refractivity contribution in [3.63, 3.8) is 0 Å². The Kier molecular flexibility index (Phi) is 8.10. The van der Waals surface area contributed by atoms with Gasteiger partial charge in [-0.05, 0) is 36.2 Å². The maximum Gasteiger partial charge on any atom is 0.324 e. The lowest BCUT2D eigenvalue weighted by atomic mass is 9.92. The first-order valence-electron chi connectivity index (χ1n) is 12.7. The molecule has 2 atom stereocenters. The quantitative estimate of drug-likeness (QED) is 0.305. The van der Waals surface area contributed by atoms with Crippen LogP contribution in [0.1, 0.15) is 37.1 Å². The van der Waals surface area contributed by atoms with Gasteiger partial charge in [-0.25, -0.2) is 28.0 Å². The Bertz CT molecular complexity index is 1270. The Labute approximate surface area is 228 Å². The van der Waals surface area contributed by atoms with E-state index in [2.05, 4.69) is 24.9 Å². The Morgan fingerprint density at radius 2 is 1.79 bits per heavy atom. The van der Waals surface area contributed by atoms with Gasteiger partial charge in [-0.3, -0.25) is 0 Å². The van der Waals surface area contributed by atoms with Gasteiger partial charge in [0, 0.05) is 57.7 Å². The standard InChI is InChI=1S/C25H29ClF3N7O3/c1-3-22-32-24(39-34-22)35-6-4-25(37-2,5-7-35)14-38-15-10-30-23(31-11-15)36-12-17(21(13-36)33-26)16-8-19(28)20(29)9-18(16)27/h8-11,17,21,33H,3-7,12-14H2,1-2H3/t17-,21+/m1/s1. The van der Waals surface area contributed by atoms with Crippen molar-refractivity contribution in [2.75, 3.05) is 49.7 Å². The summed E-state index contributed by atoms with van der Waals surface area (Å²) in [6.07, 6.45) is 5.23. The fourth-order valence-electron chi connectivity index (χ4n) is 5.01. The molecule has 2 aliphatic heterocycles. The third kappa shape index (κ3) is 5.75. The van der Waals surface area contributed by atoms with Crippen LogP contribution in [0.2, 0.25) is 0 Å². The smallest absolute Gasteiger partial charge is 0.324 e. The van der Waals surface area contributed by atoms with E-state index < -0.39 is 35.0 Å². The Morgan fingerprint density at radius 1 is 1.08 bits per heavy atom. The predicted molar refractivity (Wildman–Crippen MR) is 136 cm³/mol. The highest BCUT2D eigenvalue weighted by Gasteiger charge is 2.38. The van der Waals surface area contributed by atoms with Gasteiger partial charge >= 0.3 is 6.01 Å². The van der Waals surface area contributed by atoms with Crippen LogP contribution in [0.3, 0.4) is 0 Å². The van der Waals surface area contributed by atoms with E-state index in [1.807, 2.05) is 11.8 Å². The molecule has 5 rings (SSSR count). The van der Waals surface area contributed by atoms with Crippen molar-refractivity contribution in [3.8, 4) is 5.75 Å². The molecule has 210 valence electrons. The van der Waals surface area contributed by atoms with Crippen LogP contribution in [0.4, 0.5) is 25.1 Å². The molecule has 0 radical (unpaired) electrons. The maximum atomic E-state index is 14.4. The number of benzene rings is 1. The number of nitrogens with zero attached hydrogens (tertiary/aromatic N) is 6. The highest BCUT2D eigenvalue weighted by molar-refractivity contribution is 6.13. The van der Waals surface area contributed by atoms with E-state index in [1.165, 1.54) is 0 Å². The molecule has 1 aromatic carbocycles. The van der Waals surface area contributed by atoms with Gasteiger partial charge < -0.3 is 23.8 Å². The molecular formula is C25H29ClF3N7O3. The van der Waals surface area contributed by atoms with Gasteiger partial charge in [0.1, 0.15) is 18.0 Å². The van der Waals surface area contributed by atoms with E-state index >= 15 is 0 Å². The van der Waals surface area contributed by atoms with E-state index in [4.69, 9.17) is 25.8 Å². The number of hydrogen-bond donors (Lipinski definition) is 1. The van der Waals surface area contributed by atoms with Gasteiger partial charge in [-0.1, -0.05) is 12.1 Å². The molecule has 10 nitrogen and oxygen atoms in total. The number of aryl methyl sites for hydroxylation is 1. The molecule has 2 fully saturated rings. The molecule has 14 heteroatoms. The van der Waals surface area contributed by atoms with Crippen molar-refractivity contribution < 1.29 is 27.2 Å². The van der Waals surface area contributed by atoms with Crippen molar-refractivity contribution >= 4 is 23.7 Å². The van der Waals surface area contributed by atoms with Crippen LogP contribution in [0, 0.1) is 17.5 Å². The second-order valence-corrected chi connectivity index (χ2v) is 9.96. The highest BCUT2D eigenvalue weighted by atomic mass is 35.5. The zero-order valence-electron chi connectivity index (χ0n) is 21.5. The van der Waals surface area contributed by atoms with Gasteiger partial charge in [0.25, 0.3) is 0 Å². The van der Waals surface area contributed by atoms with E-state index in [-0.39, 0.29) is 12.1 Å². The Balaban J connectivity index is 1.19. The number of methoxy groups -OCH3 is 1. The lowest BCUT2D eigenvalue weighted by molar-refractivity contribution is -0.0609. The maximum absolute atomic E-state index is 14.4. The number of nitrogens with one attached hydrogen (secondary N) is 1. The molecule has 0 bridgehead atoms. The minimum atomic E-state index is -1.24. The van der Waals surface area contributed by atoms with Crippen LogP contribution < -0.4 is 19.4 Å². The molecule has 4 heterocycles. The lowest BCUT2D eigenvalue weighted by Crippen LogP contribution is -2.49. The van der Waals surface area contributed by atoms with Crippen LogP contribution in [0.5, 0.6) is 5.75 Å². The van der Waals surface area contributed by atoms with E-state index in [9.17, 15) is 13.2 Å². The Morgan fingerprint density at radius 3 is 2.44 bits per heavy atom. The number of hydrogen-bond acceptors (Lipinski definition) is 10. The van der Waals surface area contributed by atoms with Crippen molar-refractivity contribution in [3.05, 3.63) is 53.4 Å². The number of ether oxygens (including phenoxy) is 2. The summed E-state index contributed by atoms with van der Waals surface area (Å²) in [5, 5.41) is 3.96. The third-order valence-electron chi connectivity index (χ3n) is 7.45. The lowest BCUT2D eigenvalue weighted by Gasteiger charge is -2.39. The van der Waals surface area contributed by atoms with Crippen molar-refractivity contribution in [2.24, 2.45) is 0 Å². The molecule has 1 N–H and O–H groups in total. The number of aromatic nitrogens is 4. The molecule has 0 amide bonds. The SMILES string of the molecule is CCc1noc(N2CCC(COc3cnc(N4C[C@H](NCl)[C@@H](c5cc(F)c(F)cc5F)C4)nc3)(OC)CC2)n1. The minimum Gasteiger partial charge on any atom is -0.487 e. The van der Waals surface area contributed by atoms with E-state index in [0.717, 1.165) is 6.07 Å². The number of piperidine rings is 1. The zero-order valence-corrected chi connectivity index (χ0v) is 22.3. The molecule has 3 aromatic rings. The third-order valence-corrected chi connectivity index (χ3v) is 7.73. The number of rotatable bonds is 9. The predicted octanol–water partition coefficient (Wildman–Crippen LogP) is 3.62. The van der Waals surface area contributed by atoms with Crippen LogP contribution in [-0.2, 0) is 11.2 Å². The summed E-state index contributed by atoms with van der Waals surface area (Å²) in [5.41, 5.74) is -0.450. The largest absolute Gasteiger partial charge is 0.487 e. The fourth-order valence-corrected chi connectivity index (χ4v) is 5.23. The normalized spacial score (nSPS) is 21.0. The van der Waals surface area contributed by atoms with Crippen LogP contribution in [0.15, 0.2) is 29.0 Å². The van der Waals surface area contributed by atoms with Gasteiger partial charge in [0.2, 0.25) is 5.95 Å². The van der Waals surface area contributed by atoms with Crippen LogP contribution in [-0.4, -0.2) is 71.6 Å². The van der Waals surface area contributed by atoms with Gasteiger partial charge in [0.05, 0.1) is 12.4 Å².